The first-order valence-electron chi connectivity index (χ1n) is 7.32. The minimum Gasteiger partial charge on any atom is -0.314 e. The molecule has 4 nitrogen and oxygen atoms in total. The minimum absolute atomic E-state index is 0.0925. The molecule has 4 heteroatoms. The van der Waals surface area contributed by atoms with Crippen LogP contribution >= 0.6 is 0 Å². The number of hydrogen-bond acceptors (Lipinski definition) is 3. The third-order valence-corrected chi connectivity index (χ3v) is 4.36. The van der Waals surface area contributed by atoms with E-state index in [1.807, 2.05) is 12.3 Å². The Hall–Kier alpha value is -1.13. The molecule has 0 radical (unpaired) electrons. The number of pyridine rings is 1. The van der Waals surface area contributed by atoms with E-state index in [1.54, 1.807) is 16.7 Å². The average molecular weight is 263 g/mol. The molecule has 0 aliphatic carbocycles. The Balaban J connectivity index is 1.93. The summed E-state index contributed by atoms with van der Waals surface area (Å²) < 4.78 is 1.79. The second-order valence-electron chi connectivity index (χ2n) is 5.42. The van der Waals surface area contributed by atoms with Crippen LogP contribution in [0.5, 0.6) is 0 Å². The summed E-state index contributed by atoms with van der Waals surface area (Å²) in [4.78, 5) is 14.1. The van der Waals surface area contributed by atoms with Crippen LogP contribution in [0.1, 0.15) is 26.7 Å². The Morgan fingerprint density at radius 1 is 1.26 bits per heavy atom. The van der Waals surface area contributed by atoms with Gasteiger partial charge < -0.3 is 9.88 Å². The van der Waals surface area contributed by atoms with Crippen LogP contribution in [0, 0.1) is 0 Å². The normalized spacial score (nSPS) is 19.5. The van der Waals surface area contributed by atoms with Gasteiger partial charge in [-0.15, -0.1) is 0 Å². The molecule has 1 aliphatic heterocycles. The second-order valence-corrected chi connectivity index (χ2v) is 5.42. The molecular formula is C15H25N3O. The minimum atomic E-state index is 0.0925. The molecule has 1 fully saturated rings. The molecule has 106 valence electrons. The lowest BCUT2D eigenvalue weighted by Gasteiger charge is -2.43. The van der Waals surface area contributed by atoms with Crippen molar-refractivity contribution in [3.63, 3.8) is 0 Å². The predicted molar refractivity (Wildman–Crippen MR) is 78.5 cm³/mol. The third kappa shape index (κ3) is 3.45. The molecule has 0 spiro atoms. The van der Waals surface area contributed by atoms with Crippen molar-refractivity contribution in [1.82, 2.24) is 14.8 Å². The zero-order chi connectivity index (χ0) is 13.7. The molecule has 1 N–H and O–H groups in total. The summed E-state index contributed by atoms with van der Waals surface area (Å²) in [6, 6.07) is 5.34. The van der Waals surface area contributed by atoms with Crippen molar-refractivity contribution in [2.75, 3.05) is 26.2 Å². The van der Waals surface area contributed by atoms with Crippen LogP contribution in [-0.4, -0.2) is 41.2 Å². The maximum atomic E-state index is 11.7. The Labute approximate surface area is 115 Å². The van der Waals surface area contributed by atoms with Crippen molar-refractivity contribution in [2.45, 2.75) is 38.8 Å². The van der Waals surface area contributed by atoms with Crippen molar-refractivity contribution in [3.8, 4) is 0 Å². The van der Waals surface area contributed by atoms with Gasteiger partial charge in [0.05, 0.1) is 0 Å². The van der Waals surface area contributed by atoms with Gasteiger partial charge in [0.25, 0.3) is 5.56 Å². The molecule has 0 aromatic carbocycles. The standard InChI is InChI=1S/C15H25N3O/c1-3-15(4-2)13-17(10-8-16-15)11-12-18-9-6-5-7-14(18)19/h5-7,9,16H,3-4,8,10-13H2,1-2H3. The molecule has 0 atom stereocenters. The lowest BCUT2D eigenvalue weighted by molar-refractivity contribution is 0.120. The molecule has 1 aliphatic rings. The van der Waals surface area contributed by atoms with Gasteiger partial charge >= 0.3 is 0 Å². The van der Waals surface area contributed by atoms with Crippen LogP contribution in [-0.2, 0) is 6.54 Å². The summed E-state index contributed by atoms with van der Waals surface area (Å²) in [5.41, 5.74) is 0.356. The molecule has 1 aromatic rings. The van der Waals surface area contributed by atoms with E-state index in [2.05, 4.69) is 24.1 Å². The zero-order valence-electron chi connectivity index (χ0n) is 12.1. The Kier molecular flexibility index (Phi) is 4.77. The van der Waals surface area contributed by atoms with Crippen molar-refractivity contribution in [2.24, 2.45) is 0 Å². The topological polar surface area (TPSA) is 37.3 Å². The summed E-state index contributed by atoms with van der Waals surface area (Å²) >= 11 is 0. The Morgan fingerprint density at radius 3 is 2.74 bits per heavy atom. The van der Waals surface area contributed by atoms with Gasteiger partial charge in [0, 0.05) is 50.5 Å². The molecule has 0 amide bonds. The van der Waals surface area contributed by atoms with Gasteiger partial charge in [0.2, 0.25) is 0 Å². The maximum absolute atomic E-state index is 11.7. The first kappa shape index (κ1) is 14.3. The molecule has 19 heavy (non-hydrogen) atoms. The van der Waals surface area contributed by atoms with Gasteiger partial charge in [0.15, 0.2) is 0 Å². The average Bonchev–Trinajstić information content (AvgIpc) is 2.46. The highest BCUT2D eigenvalue weighted by molar-refractivity contribution is 4.95. The predicted octanol–water partition coefficient (Wildman–Crippen LogP) is 1.31. The lowest BCUT2D eigenvalue weighted by atomic mass is 9.90. The van der Waals surface area contributed by atoms with E-state index >= 15 is 0 Å². The molecule has 0 saturated carbocycles. The monoisotopic (exact) mass is 263 g/mol. The molecule has 0 unspecified atom stereocenters. The van der Waals surface area contributed by atoms with Crippen LogP contribution in [0.2, 0.25) is 0 Å². The Morgan fingerprint density at radius 2 is 2.05 bits per heavy atom. The van der Waals surface area contributed by atoms with Crippen LogP contribution in [0.15, 0.2) is 29.2 Å². The van der Waals surface area contributed by atoms with Gasteiger partial charge in [-0.1, -0.05) is 19.9 Å². The van der Waals surface area contributed by atoms with E-state index in [-0.39, 0.29) is 11.1 Å². The fraction of sp³-hybridized carbons (Fsp3) is 0.667. The van der Waals surface area contributed by atoms with Crippen molar-refractivity contribution in [1.29, 1.82) is 0 Å². The second kappa shape index (κ2) is 6.35. The van der Waals surface area contributed by atoms with Crippen molar-refractivity contribution >= 4 is 0 Å². The molecular weight excluding hydrogens is 238 g/mol. The summed E-state index contributed by atoms with van der Waals surface area (Å²) in [5, 5.41) is 3.66. The van der Waals surface area contributed by atoms with Crippen LogP contribution in [0.3, 0.4) is 0 Å². The highest BCUT2D eigenvalue weighted by Gasteiger charge is 2.31. The van der Waals surface area contributed by atoms with Gasteiger partial charge in [-0.3, -0.25) is 9.69 Å². The first-order valence-corrected chi connectivity index (χ1v) is 7.32. The molecule has 1 saturated heterocycles. The number of nitrogens with one attached hydrogen (secondary N) is 1. The zero-order valence-corrected chi connectivity index (χ0v) is 12.1. The number of rotatable bonds is 5. The molecule has 1 aromatic heterocycles. The van der Waals surface area contributed by atoms with E-state index in [0.717, 1.165) is 45.6 Å². The fourth-order valence-electron chi connectivity index (χ4n) is 2.85. The first-order chi connectivity index (χ1) is 9.19. The summed E-state index contributed by atoms with van der Waals surface area (Å²) in [5.74, 6) is 0. The SMILES string of the molecule is CCC1(CC)CN(CCn2ccccc2=O)CCN1. The van der Waals surface area contributed by atoms with Gasteiger partial charge in [0.1, 0.15) is 0 Å². The number of aromatic nitrogens is 1. The third-order valence-electron chi connectivity index (χ3n) is 4.36. The van der Waals surface area contributed by atoms with Crippen LogP contribution in [0.4, 0.5) is 0 Å². The van der Waals surface area contributed by atoms with Crippen LogP contribution in [0.25, 0.3) is 0 Å². The summed E-state index contributed by atoms with van der Waals surface area (Å²) in [7, 11) is 0. The smallest absolute Gasteiger partial charge is 0.250 e. The Bertz CT molecular complexity index is 451. The summed E-state index contributed by atoms with van der Waals surface area (Å²) in [6.07, 6.45) is 4.19. The number of nitrogens with zero attached hydrogens (tertiary/aromatic N) is 2. The number of hydrogen-bond donors (Lipinski definition) is 1. The van der Waals surface area contributed by atoms with Crippen molar-refractivity contribution in [3.05, 3.63) is 34.7 Å². The van der Waals surface area contributed by atoms with E-state index in [0.29, 0.717) is 0 Å². The van der Waals surface area contributed by atoms with Crippen molar-refractivity contribution < 1.29 is 0 Å². The van der Waals surface area contributed by atoms with E-state index in [4.69, 9.17) is 0 Å². The lowest BCUT2D eigenvalue weighted by Crippen LogP contribution is -2.60. The maximum Gasteiger partial charge on any atom is 0.250 e. The fourth-order valence-corrected chi connectivity index (χ4v) is 2.85. The van der Waals surface area contributed by atoms with Gasteiger partial charge in [-0.05, 0) is 18.9 Å². The number of piperazine rings is 1. The molecule has 2 rings (SSSR count). The highest BCUT2D eigenvalue weighted by atomic mass is 16.1. The van der Waals surface area contributed by atoms with E-state index < -0.39 is 0 Å². The van der Waals surface area contributed by atoms with Gasteiger partial charge in [-0.25, -0.2) is 0 Å². The van der Waals surface area contributed by atoms with Gasteiger partial charge in [-0.2, -0.15) is 0 Å². The van der Waals surface area contributed by atoms with E-state index in [1.165, 1.54) is 0 Å². The van der Waals surface area contributed by atoms with E-state index in [9.17, 15) is 4.79 Å². The largest absolute Gasteiger partial charge is 0.314 e. The van der Waals surface area contributed by atoms with Crippen LogP contribution < -0.4 is 10.9 Å². The summed E-state index contributed by atoms with van der Waals surface area (Å²) in [6.45, 7) is 9.44. The highest BCUT2D eigenvalue weighted by Crippen LogP contribution is 2.19. The molecule has 0 bridgehead atoms. The molecule has 2 heterocycles. The quantitative estimate of drug-likeness (QED) is 0.870.